The summed E-state index contributed by atoms with van der Waals surface area (Å²) >= 11 is 0. The predicted octanol–water partition coefficient (Wildman–Crippen LogP) is 0.737. The summed E-state index contributed by atoms with van der Waals surface area (Å²) in [6.07, 6.45) is 2.77. The van der Waals surface area contributed by atoms with E-state index in [2.05, 4.69) is 0 Å². The highest BCUT2D eigenvalue weighted by Crippen LogP contribution is 2.07. The van der Waals surface area contributed by atoms with E-state index in [-0.39, 0.29) is 11.4 Å². The van der Waals surface area contributed by atoms with Crippen LogP contribution < -0.4 is 5.73 Å². The maximum Gasteiger partial charge on any atom is 0.252 e. The van der Waals surface area contributed by atoms with Crippen LogP contribution in [0, 0.1) is 0 Å². The first-order valence-electron chi connectivity index (χ1n) is 3.67. The Morgan fingerprint density at radius 2 is 2.23 bits per heavy atom. The summed E-state index contributed by atoms with van der Waals surface area (Å²) in [6, 6.07) is 3.29. The fourth-order valence-corrected chi connectivity index (χ4v) is 0.862. The molecule has 0 aromatic carbocycles. The van der Waals surface area contributed by atoms with Crippen molar-refractivity contribution in [3.05, 3.63) is 29.7 Å². The Labute approximate surface area is 75.0 Å². The number of rotatable bonds is 3. The van der Waals surface area contributed by atoms with Crippen molar-refractivity contribution in [3.63, 3.8) is 0 Å². The van der Waals surface area contributed by atoms with E-state index in [9.17, 15) is 9.59 Å². The van der Waals surface area contributed by atoms with E-state index in [0.29, 0.717) is 5.76 Å². The van der Waals surface area contributed by atoms with E-state index >= 15 is 0 Å². The van der Waals surface area contributed by atoms with E-state index < -0.39 is 5.91 Å². The number of Topliss-reactive ketones (excluding diaryl/α,β-unsaturated/α-hetero) is 1. The quantitative estimate of drug-likeness (QED) is 0.422. The first-order valence-corrected chi connectivity index (χ1v) is 3.67. The Bertz CT molecular complexity index is 333. The molecule has 0 unspecified atom stereocenters. The molecular weight excluding hydrogens is 170 g/mol. The van der Waals surface area contributed by atoms with Gasteiger partial charge in [-0.05, 0) is 25.1 Å². The summed E-state index contributed by atoms with van der Waals surface area (Å²) in [5, 5.41) is 0. The Morgan fingerprint density at radius 3 is 2.62 bits per heavy atom. The van der Waals surface area contributed by atoms with Crippen molar-refractivity contribution in [3.8, 4) is 0 Å². The summed E-state index contributed by atoms with van der Waals surface area (Å²) < 4.78 is 4.93. The van der Waals surface area contributed by atoms with Crippen molar-refractivity contribution >= 4 is 17.8 Å². The number of furan rings is 1. The van der Waals surface area contributed by atoms with Crippen LogP contribution in [0.25, 0.3) is 6.08 Å². The zero-order chi connectivity index (χ0) is 9.84. The minimum Gasteiger partial charge on any atom is -0.465 e. The number of carbonyl (C=O) groups is 2. The molecule has 1 aromatic heterocycles. The van der Waals surface area contributed by atoms with Gasteiger partial charge in [-0.25, -0.2) is 0 Å². The molecule has 0 aliphatic carbocycles. The zero-order valence-electron chi connectivity index (χ0n) is 7.11. The predicted molar refractivity (Wildman–Crippen MR) is 46.6 cm³/mol. The molecule has 0 aliphatic rings. The largest absolute Gasteiger partial charge is 0.465 e. The van der Waals surface area contributed by atoms with Gasteiger partial charge in [0.1, 0.15) is 5.76 Å². The Hall–Kier alpha value is -1.84. The molecule has 2 N–H and O–H groups in total. The maximum atomic E-state index is 10.9. The van der Waals surface area contributed by atoms with Crippen LogP contribution in [0.3, 0.4) is 0 Å². The molecule has 1 aromatic rings. The zero-order valence-corrected chi connectivity index (χ0v) is 7.11. The van der Waals surface area contributed by atoms with E-state index in [0.717, 1.165) is 0 Å². The fraction of sp³-hybridized carbons (Fsp3) is 0.111. The first-order chi connectivity index (χ1) is 6.11. The Balaban J connectivity index is 3.01. The smallest absolute Gasteiger partial charge is 0.252 e. The van der Waals surface area contributed by atoms with E-state index in [1.54, 1.807) is 12.1 Å². The van der Waals surface area contributed by atoms with Gasteiger partial charge in [0.25, 0.3) is 5.91 Å². The summed E-state index contributed by atoms with van der Waals surface area (Å²) in [5.41, 5.74) is 4.92. The molecule has 13 heavy (non-hydrogen) atoms. The lowest BCUT2D eigenvalue weighted by atomic mass is 10.1. The normalized spacial score (nSPS) is 11.3. The molecule has 68 valence electrons. The van der Waals surface area contributed by atoms with Gasteiger partial charge in [-0.2, -0.15) is 0 Å². The number of hydrogen-bond donors (Lipinski definition) is 1. The third-order valence-electron chi connectivity index (χ3n) is 1.47. The number of carbonyl (C=O) groups excluding carboxylic acids is 2. The van der Waals surface area contributed by atoms with Crippen molar-refractivity contribution in [1.82, 2.24) is 0 Å². The summed E-state index contributed by atoms with van der Waals surface area (Å²) in [4.78, 5) is 21.7. The topological polar surface area (TPSA) is 73.3 Å². The molecule has 0 atom stereocenters. The number of ketones is 1. The second-order valence-corrected chi connectivity index (χ2v) is 2.49. The molecule has 0 fully saturated rings. The van der Waals surface area contributed by atoms with E-state index in [1.165, 1.54) is 19.3 Å². The Kier molecular flexibility index (Phi) is 2.64. The molecule has 0 spiro atoms. The van der Waals surface area contributed by atoms with Gasteiger partial charge in [0.05, 0.1) is 11.8 Å². The summed E-state index contributed by atoms with van der Waals surface area (Å²) in [7, 11) is 0. The van der Waals surface area contributed by atoms with E-state index in [4.69, 9.17) is 10.2 Å². The van der Waals surface area contributed by atoms with Crippen molar-refractivity contribution < 1.29 is 14.0 Å². The van der Waals surface area contributed by atoms with Crippen molar-refractivity contribution in [1.29, 1.82) is 0 Å². The van der Waals surface area contributed by atoms with Gasteiger partial charge in [-0.15, -0.1) is 0 Å². The first kappa shape index (κ1) is 9.25. The third-order valence-corrected chi connectivity index (χ3v) is 1.47. The summed E-state index contributed by atoms with van der Waals surface area (Å²) in [6.45, 7) is 1.28. The molecule has 0 saturated carbocycles. The minimum absolute atomic E-state index is 0.0602. The lowest BCUT2D eigenvalue weighted by Gasteiger charge is -1.94. The third kappa shape index (κ3) is 2.30. The highest BCUT2D eigenvalue weighted by molar-refractivity contribution is 6.21. The van der Waals surface area contributed by atoms with Crippen molar-refractivity contribution in [2.75, 3.05) is 0 Å². The molecule has 1 amide bonds. The van der Waals surface area contributed by atoms with Crippen LogP contribution in [0.5, 0.6) is 0 Å². The number of primary amides is 1. The molecule has 4 heteroatoms. The van der Waals surface area contributed by atoms with Crippen LogP contribution in [-0.2, 0) is 9.59 Å². The number of hydrogen-bond acceptors (Lipinski definition) is 3. The molecule has 1 heterocycles. The molecule has 1 rings (SSSR count). The second kappa shape index (κ2) is 3.71. The van der Waals surface area contributed by atoms with Crippen LogP contribution >= 0.6 is 0 Å². The molecule has 0 aliphatic heterocycles. The van der Waals surface area contributed by atoms with Gasteiger partial charge in [-0.3, -0.25) is 9.59 Å². The highest BCUT2D eigenvalue weighted by Gasteiger charge is 2.10. The van der Waals surface area contributed by atoms with Crippen LogP contribution in [0.15, 0.2) is 28.4 Å². The van der Waals surface area contributed by atoms with Gasteiger partial charge in [0.15, 0.2) is 5.78 Å². The molecule has 4 nitrogen and oxygen atoms in total. The Morgan fingerprint density at radius 1 is 1.54 bits per heavy atom. The van der Waals surface area contributed by atoms with Gasteiger partial charge in [0, 0.05) is 0 Å². The van der Waals surface area contributed by atoms with Gasteiger partial charge in [-0.1, -0.05) is 0 Å². The van der Waals surface area contributed by atoms with Gasteiger partial charge in [0.2, 0.25) is 0 Å². The van der Waals surface area contributed by atoms with Gasteiger partial charge < -0.3 is 10.2 Å². The van der Waals surface area contributed by atoms with E-state index in [1.807, 2.05) is 0 Å². The number of nitrogens with two attached hydrogens (primary N) is 1. The lowest BCUT2D eigenvalue weighted by molar-refractivity contribution is -0.119. The average Bonchev–Trinajstić information content (AvgIpc) is 2.50. The van der Waals surface area contributed by atoms with Crippen LogP contribution in [0.1, 0.15) is 12.7 Å². The molecule has 0 saturated heterocycles. The molecular formula is C9H9NO3. The van der Waals surface area contributed by atoms with Crippen LogP contribution in [0.4, 0.5) is 0 Å². The van der Waals surface area contributed by atoms with Crippen molar-refractivity contribution in [2.24, 2.45) is 5.73 Å². The SMILES string of the molecule is CC(=O)C(=Cc1ccco1)C(N)=O. The summed E-state index contributed by atoms with van der Waals surface area (Å²) in [5.74, 6) is -0.684. The minimum atomic E-state index is -0.746. The second-order valence-electron chi connectivity index (χ2n) is 2.49. The fourth-order valence-electron chi connectivity index (χ4n) is 0.862. The molecule has 0 bridgehead atoms. The lowest BCUT2D eigenvalue weighted by Crippen LogP contribution is -2.18. The molecule has 0 radical (unpaired) electrons. The van der Waals surface area contributed by atoms with Gasteiger partial charge >= 0.3 is 0 Å². The van der Waals surface area contributed by atoms with Crippen LogP contribution in [0.2, 0.25) is 0 Å². The monoisotopic (exact) mass is 179 g/mol. The number of amides is 1. The average molecular weight is 179 g/mol. The highest BCUT2D eigenvalue weighted by atomic mass is 16.3. The van der Waals surface area contributed by atoms with Crippen LogP contribution in [-0.4, -0.2) is 11.7 Å². The standard InChI is InChI=1S/C9H9NO3/c1-6(11)8(9(10)12)5-7-3-2-4-13-7/h2-5H,1H3,(H2,10,12). The van der Waals surface area contributed by atoms with Crippen molar-refractivity contribution in [2.45, 2.75) is 6.92 Å². The maximum absolute atomic E-state index is 10.9.